The van der Waals surface area contributed by atoms with Gasteiger partial charge in [0.1, 0.15) is 5.82 Å². The van der Waals surface area contributed by atoms with E-state index in [4.69, 9.17) is 0 Å². The lowest BCUT2D eigenvalue weighted by molar-refractivity contribution is -0.124. The number of rotatable bonds is 6. The first-order valence-corrected chi connectivity index (χ1v) is 10.8. The highest BCUT2D eigenvalue weighted by molar-refractivity contribution is 7.92. The molecule has 1 aliphatic rings. The first-order chi connectivity index (χ1) is 14.4. The van der Waals surface area contributed by atoms with E-state index in [1.165, 1.54) is 48.8 Å². The summed E-state index contributed by atoms with van der Waals surface area (Å²) < 4.78 is 40.5. The normalized spacial score (nSPS) is 15.1. The molecular formula is C21H19FN4O3S. The van der Waals surface area contributed by atoms with Crippen LogP contribution in [0.4, 0.5) is 16.0 Å². The van der Waals surface area contributed by atoms with Crippen LogP contribution >= 0.6 is 0 Å². The van der Waals surface area contributed by atoms with Gasteiger partial charge >= 0.3 is 0 Å². The standard InChI is InChI=1S/C21H19FN4O3S/c22-16-5-3-15(4-6-16)21(11-1-12-21)19(27)25-17-7-9-18(10-8-17)30(28,29)26-20-23-13-2-14-24-20/h2-10,13-14H,1,11-12H2,(H,25,27)(H,23,24,26). The van der Waals surface area contributed by atoms with Crippen LogP contribution in [0.5, 0.6) is 0 Å². The Kier molecular flexibility index (Phi) is 5.21. The van der Waals surface area contributed by atoms with Gasteiger partial charge in [0, 0.05) is 18.1 Å². The van der Waals surface area contributed by atoms with E-state index in [2.05, 4.69) is 20.0 Å². The zero-order valence-corrected chi connectivity index (χ0v) is 16.7. The average molecular weight is 426 g/mol. The summed E-state index contributed by atoms with van der Waals surface area (Å²) in [5.74, 6) is -0.562. The fourth-order valence-electron chi connectivity index (χ4n) is 3.45. The van der Waals surface area contributed by atoms with Crippen LogP contribution in [0.25, 0.3) is 0 Å². The number of sulfonamides is 1. The number of anilines is 2. The summed E-state index contributed by atoms with van der Waals surface area (Å²) in [7, 11) is -3.85. The molecule has 0 unspecified atom stereocenters. The highest BCUT2D eigenvalue weighted by atomic mass is 32.2. The molecule has 1 aromatic heterocycles. The minimum Gasteiger partial charge on any atom is -0.325 e. The van der Waals surface area contributed by atoms with Gasteiger partial charge in [0.05, 0.1) is 10.3 Å². The second kappa shape index (κ2) is 7.83. The highest BCUT2D eigenvalue weighted by Gasteiger charge is 2.45. The van der Waals surface area contributed by atoms with Crippen LogP contribution in [0, 0.1) is 5.82 Å². The molecule has 0 bridgehead atoms. The quantitative estimate of drug-likeness (QED) is 0.629. The molecule has 7 nitrogen and oxygen atoms in total. The van der Waals surface area contributed by atoms with Crippen molar-refractivity contribution in [1.82, 2.24) is 9.97 Å². The number of halogens is 1. The van der Waals surface area contributed by atoms with E-state index >= 15 is 0 Å². The Balaban J connectivity index is 1.49. The summed E-state index contributed by atoms with van der Waals surface area (Å²) in [5.41, 5.74) is 0.562. The van der Waals surface area contributed by atoms with Crippen molar-refractivity contribution in [3.8, 4) is 0 Å². The fraction of sp³-hybridized carbons (Fsp3) is 0.190. The molecule has 2 N–H and O–H groups in total. The predicted molar refractivity (Wildman–Crippen MR) is 110 cm³/mol. The molecule has 4 rings (SSSR count). The highest BCUT2D eigenvalue weighted by Crippen LogP contribution is 2.44. The third-order valence-electron chi connectivity index (χ3n) is 5.25. The molecule has 3 aromatic rings. The molecule has 1 fully saturated rings. The van der Waals surface area contributed by atoms with Gasteiger partial charge in [-0.2, -0.15) is 0 Å². The number of nitrogens with one attached hydrogen (secondary N) is 2. The maximum atomic E-state index is 13.3. The van der Waals surface area contributed by atoms with E-state index in [9.17, 15) is 17.6 Å². The molecule has 0 atom stereocenters. The molecule has 1 heterocycles. The van der Waals surface area contributed by atoms with Gasteiger partial charge in [-0.05, 0) is 60.9 Å². The monoisotopic (exact) mass is 426 g/mol. The summed E-state index contributed by atoms with van der Waals surface area (Å²) in [6, 6.07) is 13.4. The van der Waals surface area contributed by atoms with Crippen molar-refractivity contribution in [1.29, 1.82) is 0 Å². The summed E-state index contributed by atoms with van der Waals surface area (Å²) >= 11 is 0. The van der Waals surface area contributed by atoms with Crippen LogP contribution in [0.3, 0.4) is 0 Å². The zero-order chi connectivity index (χ0) is 21.2. The van der Waals surface area contributed by atoms with Gasteiger partial charge in [0.15, 0.2) is 0 Å². The number of amides is 1. The number of nitrogens with zero attached hydrogens (tertiary/aromatic N) is 2. The van der Waals surface area contributed by atoms with E-state index in [1.54, 1.807) is 18.2 Å². The summed E-state index contributed by atoms with van der Waals surface area (Å²) in [6.07, 6.45) is 5.13. The van der Waals surface area contributed by atoms with Gasteiger partial charge < -0.3 is 5.32 Å². The maximum absolute atomic E-state index is 13.3. The molecular weight excluding hydrogens is 407 g/mol. The smallest absolute Gasteiger partial charge is 0.264 e. The number of hydrogen-bond donors (Lipinski definition) is 2. The molecule has 154 valence electrons. The SMILES string of the molecule is O=C(Nc1ccc(S(=O)(=O)Nc2ncccn2)cc1)C1(c2ccc(F)cc2)CCC1. The van der Waals surface area contributed by atoms with Gasteiger partial charge in [0.25, 0.3) is 10.0 Å². The van der Waals surface area contributed by atoms with E-state index < -0.39 is 15.4 Å². The van der Waals surface area contributed by atoms with Crippen molar-refractivity contribution in [3.63, 3.8) is 0 Å². The molecule has 0 saturated heterocycles. The summed E-state index contributed by atoms with van der Waals surface area (Å²) in [5, 5.41) is 2.85. The molecule has 1 aliphatic carbocycles. The summed E-state index contributed by atoms with van der Waals surface area (Å²) in [6.45, 7) is 0. The van der Waals surface area contributed by atoms with Crippen molar-refractivity contribution < 1.29 is 17.6 Å². The lowest BCUT2D eigenvalue weighted by Gasteiger charge is -2.40. The van der Waals surface area contributed by atoms with E-state index in [0.717, 1.165) is 12.0 Å². The minimum absolute atomic E-state index is 0.0184. The molecule has 0 aliphatic heterocycles. The van der Waals surface area contributed by atoms with Crippen molar-refractivity contribution in [2.45, 2.75) is 29.6 Å². The molecule has 1 amide bonds. The van der Waals surface area contributed by atoms with Crippen molar-refractivity contribution in [3.05, 3.63) is 78.4 Å². The topological polar surface area (TPSA) is 101 Å². The van der Waals surface area contributed by atoms with Crippen LogP contribution in [0.15, 0.2) is 71.9 Å². The number of hydrogen-bond acceptors (Lipinski definition) is 5. The van der Waals surface area contributed by atoms with Crippen molar-refractivity contribution in [2.24, 2.45) is 0 Å². The molecule has 2 aromatic carbocycles. The predicted octanol–water partition coefficient (Wildman–Crippen LogP) is 3.48. The second-order valence-electron chi connectivity index (χ2n) is 7.10. The zero-order valence-electron chi connectivity index (χ0n) is 15.9. The Labute approximate surface area is 173 Å². The molecule has 0 spiro atoms. The Bertz CT molecular complexity index is 1150. The van der Waals surface area contributed by atoms with E-state index in [-0.39, 0.29) is 22.6 Å². The van der Waals surface area contributed by atoms with Gasteiger partial charge in [-0.15, -0.1) is 0 Å². The van der Waals surface area contributed by atoms with Gasteiger partial charge in [-0.3, -0.25) is 4.79 Å². The van der Waals surface area contributed by atoms with E-state index in [0.29, 0.717) is 18.5 Å². The Hall–Kier alpha value is -3.33. The minimum atomic E-state index is -3.85. The molecule has 1 saturated carbocycles. The van der Waals surface area contributed by atoms with Gasteiger partial charge in [0.2, 0.25) is 11.9 Å². The van der Waals surface area contributed by atoms with Crippen LogP contribution < -0.4 is 10.0 Å². The number of carbonyl (C=O) groups is 1. The van der Waals surface area contributed by atoms with E-state index in [1.807, 2.05) is 0 Å². The van der Waals surface area contributed by atoms with Crippen LogP contribution in [-0.2, 0) is 20.2 Å². The Morgan fingerprint density at radius 1 is 0.967 bits per heavy atom. The largest absolute Gasteiger partial charge is 0.325 e. The molecule has 0 radical (unpaired) electrons. The maximum Gasteiger partial charge on any atom is 0.264 e. The van der Waals surface area contributed by atoms with Crippen LogP contribution in [0.1, 0.15) is 24.8 Å². The van der Waals surface area contributed by atoms with Gasteiger partial charge in [-0.1, -0.05) is 18.6 Å². The average Bonchev–Trinajstić information content (AvgIpc) is 2.69. The Morgan fingerprint density at radius 3 is 2.17 bits per heavy atom. The van der Waals surface area contributed by atoms with Gasteiger partial charge in [-0.25, -0.2) is 27.5 Å². The summed E-state index contributed by atoms with van der Waals surface area (Å²) in [4.78, 5) is 20.7. The van der Waals surface area contributed by atoms with Crippen molar-refractivity contribution >= 4 is 27.6 Å². The lowest BCUT2D eigenvalue weighted by atomic mass is 9.64. The second-order valence-corrected chi connectivity index (χ2v) is 8.78. The first-order valence-electron chi connectivity index (χ1n) is 9.36. The van der Waals surface area contributed by atoms with Crippen LogP contribution in [-0.4, -0.2) is 24.3 Å². The number of carbonyl (C=O) groups excluding carboxylic acids is 1. The van der Waals surface area contributed by atoms with Crippen molar-refractivity contribution in [2.75, 3.05) is 10.0 Å². The third-order valence-corrected chi connectivity index (χ3v) is 6.60. The molecule has 9 heteroatoms. The Morgan fingerprint density at radius 2 is 1.60 bits per heavy atom. The number of benzene rings is 2. The first kappa shape index (κ1) is 20.0. The molecule has 30 heavy (non-hydrogen) atoms. The third kappa shape index (κ3) is 3.88. The number of aromatic nitrogens is 2. The fourth-order valence-corrected chi connectivity index (χ4v) is 4.40. The lowest BCUT2D eigenvalue weighted by Crippen LogP contribution is -2.46. The van der Waals surface area contributed by atoms with Crippen LogP contribution in [0.2, 0.25) is 0 Å².